The number of sulfonamides is 1. The summed E-state index contributed by atoms with van der Waals surface area (Å²) in [7, 11) is -2.46. The third kappa shape index (κ3) is 3.14. The zero-order valence-electron chi connectivity index (χ0n) is 10.7. The van der Waals surface area contributed by atoms with Gasteiger partial charge in [0.05, 0.1) is 31.1 Å². The van der Waals surface area contributed by atoms with E-state index in [2.05, 4.69) is 24.6 Å². The Kier molecular flexibility index (Phi) is 4.04. The monoisotopic (exact) mass is 316 g/mol. The second-order valence-electron chi connectivity index (χ2n) is 3.86. The van der Waals surface area contributed by atoms with Crippen molar-refractivity contribution in [3.8, 4) is 0 Å². The molecule has 108 valence electrons. The Morgan fingerprint density at radius 1 is 1.55 bits per heavy atom. The van der Waals surface area contributed by atoms with Gasteiger partial charge in [0.2, 0.25) is 0 Å². The van der Waals surface area contributed by atoms with Gasteiger partial charge in [-0.3, -0.25) is 14.6 Å². The van der Waals surface area contributed by atoms with Crippen LogP contribution < -0.4 is 4.72 Å². The molecule has 0 aliphatic rings. The Hall–Kier alpha value is -1.94. The van der Waals surface area contributed by atoms with Crippen LogP contribution in [0.5, 0.6) is 0 Å². The third-order valence-corrected chi connectivity index (χ3v) is 4.79. The zero-order chi connectivity index (χ0) is 14.8. The van der Waals surface area contributed by atoms with Crippen LogP contribution in [0.15, 0.2) is 16.5 Å². The van der Waals surface area contributed by atoms with Crippen molar-refractivity contribution < 1.29 is 17.9 Å². The second kappa shape index (κ2) is 5.59. The molecule has 2 aromatic heterocycles. The number of aromatic nitrogens is 3. The van der Waals surface area contributed by atoms with Crippen LogP contribution in [0.25, 0.3) is 0 Å². The van der Waals surface area contributed by atoms with E-state index in [4.69, 9.17) is 0 Å². The van der Waals surface area contributed by atoms with Crippen molar-refractivity contribution in [1.29, 1.82) is 0 Å². The first-order valence-electron chi connectivity index (χ1n) is 5.46. The van der Waals surface area contributed by atoms with Crippen molar-refractivity contribution in [2.45, 2.75) is 18.2 Å². The number of aromatic amines is 1. The minimum atomic E-state index is -3.73. The molecule has 0 aromatic carbocycles. The highest BCUT2D eigenvalue weighted by molar-refractivity contribution is 7.93. The number of rotatable bonds is 5. The van der Waals surface area contributed by atoms with Crippen LogP contribution in [0.2, 0.25) is 0 Å². The normalized spacial score (nSPS) is 11.3. The van der Waals surface area contributed by atoms with Crippen molar-refractivity contribution in [1.82, 2.24) is 15.2 Å². The van der Waals surface area contributed by atoms with Gasteiger partial charge in [-0.1, -0.05) is 0 Å². The molecule has 0 radical (unpaired) electrons. The summed E-state index contributed by atoms with van der Waals surface area (Å²) in [4.78, 5) is 15.2. The van der Waals surface area contributed by atoms with E-state index < -0.39 is 16.0 Å². The summed E-state index contributed by atoms with van der Waals surface area (Å²) in [6.07, 6.45) is 1.22. The number of carbonyl (C=O) groups is 1. The first kappa shape index (κ1) is 14.5. The van der Waals surface area contributed by atoms with Gasteiger partial charge >= 0.3 is 5.97 Å². The zero-order valence-corrected chi connectivity index (χ0v) is 12.3. The molecule has 0 bridgehead atoms. The lowest BCUT2D eigenvalue weighted by atomic mass is 10.3. The van der Waals surface area contributed by atoms with Crippen LogP contribution in [-0.4, -0.2) is 36.7 Å². The van der Waals surface area contributed by atoms with Gasteiger partial charge in [0.1, 0.15) is 4.90 Å². The molecule has 0 aliphatic heterocycles. The van der Waals surface area contributed by atoms with E-state index in [-0.39, 0.29) is 16.4 Å². The summed E-state index contributed by atoms with van der Waals surface area (Å²) in [6.45, 7) is 1.60. The number of H-pyrrole nitrogens is 1. The van der Waals surface area contributed by atoms with E-state index in [1.54, 1.807) is 12.3 Å². The molecule has 0 saturated heterocycles. The number of nitrogens with zero attached hydrogens (tertiary/aromatic N) is 2. The lowest BCUT2D eigenvalue weighted by molar-refractivity contribution is -0.139. The molecule has 0 amide bonds. The molecule has 20 heavy (non-hydrogen) atoms. The number of ether oxygens (including phenoxy) is 1. The Balaban J connectivity index is 2.15. The molecule has 2 N–H and O–H groups in total. The SMILES string of the molecule is COC(=O)Cc1csc(NS(=O)(=O)c2cn[nH]c2C)n1. The highest BCUT2D eigenvalue weighted by Crippen LogP contribution is 2.21. The number of nitrogens with one attached hydrogen (secondary N) is 2. The molecule has 8 nitrogen and oxygen atoms in total. The summed E-state index contributed by atoms with van der Waals surface area (Å²) in [6, 6.07) is 0. The van der Waals surface area contributed by atoms with Crippen LogP contribution in [-0.2, 0) is 26.0 Å². The summed E-state index contributed by atoms with van der Waals surface area (Å²) in [5.41, 5.74) is 0.882. The maximum atomic E-state index is 12.1. The molecule has 0 fully saturated rings. The van der Waals surface area contributed by atoms with Gasteiger partial charge in [0, 0.05) is 5.38 Å². The Morgan fingerprint density at radius 3 is 2.90 bits per heavy atom. The quantitative estimate of drug-likeness (QED) is 0.784. The first-order valence-corrected chi connectivity index (χ1v) is 7.82. The number of anilines is 1. The molecule has 0 spiro atoms. The summed E-state index contributed by atoms with van der Waals surface area (Å²) in [5, 5.41) is 7.99. The highest BCUT2D eigenvalue weighted by Gasteiger charge is 2.20. The van der Waals surface area contributed by atoms with Crippen molar-refractivity contribution in [3.63, 3.8) is 0 Å². The van der Waals surface area contributed by atoms with Crippen LogP contribution >= 0.6 is 11.3 Å². The van der Waals surface area contributed by atoms with Gasteiger partial charge in [-0.15, -0.1) is 11.3 Å². The third-order valence-electron chi connectivity index (χ3n) is 2.40. The fourth-order valence-electron chi connectivity index (χ4n) is 1.44. The number of hydrogen-bond donors (Lipinski definition) is 2. The molecule has 2 heterocycles. The summed E-state index contributed by atoms with van der Waals surface area (Å²) < 4.78 is 31.0. The Labute approximate surface area is 119 Å². The van der Waals surface area contributed by atoms with E-state index >= 15 is 0 Å². The number of thiazole rings is 1. The molecule has 0 saturated carbocycles. The number of esters is 1. The molecular formula is C10H12N4O4S2. The second-order valence-corrected chi connectivity index (χ2v) is 6.37. The van der Waals surface area contributed by atoms with Gasteiger partial charge in [-0.25, -0.2) is 13.4 Å². The van der Waals surface area contributed by atoms with Gasteiger partial charge < -0.3 is 4.74 Å². The number of aryl methyl sites for hydroxylation is 1. The molecular weight excluding hydrogens is 304 g/mol. The Bertz CT molecular complexity index is 719. The van der Waals surface area contributed by atoms with Crippen LogP contribution in [0.3, 0.4) is 0 Å². The highest BCUT2D eigenvalue weighted by atomic mass is 32.2. The van der Waals surface area contributed by atoms with Gasteiger partial charge in [-0.05, 0) is 6.92 Å². The number of carbonyl (C=O) groups excluding carboxylic acids is 1. The van der Waals surface area contributed by atoms with Crippen molar-refractivity contribution in [2.75, 3.05) is 11.8 Å². The van der Waals surface area contributed by atoms with Crippen molar-refractivity contribution in [3.05, 3.63) is 23.0 Å². The van der Waals surface area contributed by atoms with Crippen molar-refractivity contribution in [2.24, 2.45) is 0 Å². The van der Waals surface area contributed by atoms with Crippen LogP contribution in [0.4, 0.5) is 5.13 Å². The summed E-state index contributed by atoms with van der Waals surface area (Å²) in [5.74, 6) is -0.435. The lowest BCUT2D eigenvalue weighted by Gasteiger charge is -2.03. The standard InChI is InChI=1S/C10H12N4O4S2/c1-6-8(4-11-13-6)20(16,17)14-10-12-7(5-19-10)3-9(15)18-2/h4-5H,3H2,1-2H3,(H,11,13)(H,12,14). The first-order chi connectivity index (χ1) is 9.42. The number of methoxy groups -OCH3 is 1. The van der Waals surface area contributed by atoms with E-state index in [0.29, 0.717) is 11.4 Å². The largest absolute Gasteiger partial charge is 0.469 e. The lowest BCUT2D eigenvalue weighted by Crippen LogP contribution is -2.13. The number of hydrogen-bond acceptors (Lipinski definition) is 7. The van der Waals surface area contributed by atoms with Gasteiger partial charge in [-0.2, -0.15) is 5.10 Å². The average Bonchev–Trinajstić information content (AvgIpc) is 2.98. The smallest absolute Gasteiger partial charge is 0.311 e. The van der Waals surface area contributed by atoms with E-state index in [1.807, 2.05) is 0 Å². The predicted molar refractivity (Wildman–Crippen MR) is 72.0 cm³/mol. The fraction of sp³-hybridized carbons (Fsp3) is 0.300. The molecule has 10 heteroatoms. The van der Waals surface area contributed by atoms with Gasteiger partial charge in [0.15, 0.2) is 5.13 Å². The Morgan fingerprint density at radius 2 is 2.30 bits per heavy atom. The minimum absolute atomic E-state index is 0.000530. The van der Waals surface area contributed by atoms with Crippen molar-refractivity contribution >= 4 is 32.5 Å². The average molecular weight is 316 g/mol. The van der Waals surface area contributed by atoms with E-state index in [9.17, 15) is 13.2 Å². The predicted octanol–water partition coefficient (Wildman–Crippen LogP) is 0.691. The fourth-order valence-corrected chi connectivity index (χ4v) is 3.54. The summed E-state index contributed by atoms with van der Waals surface area (Å²) >= 11 is 1.09. The molecule has 0 atom stereocenters. The maximum absolute atomic E-state index is 12.1. The van der Waals surface area contributed by atoms with Crippen LogP contribution in [0, 0.1) is 6.92 Å². The van der Waals surface area contributed by atoms with E-state index in [0.717, 1.165) is 11.3 Å². The minimum Gasteiger partial charge on any atom is -0.469 e. The maximum Gasteiger partial charge on any atom is 0.311 e. The van der Waals surface area contributed by atoms with Gasteiger partial charge in [0.25, 0.3) is 10.0 Å². The topological polar surface area (TPSA) is 114 Å². The molecule has 2 aromatic rings. The molecule has 2 rings (SSSR count). The van der Waals surface area contributed by atoms with Crippen LogP contribution in [0.1, 0.15) is 11.4 Å². The van der Waals surface area contributed by atoms with E-state index in [1.165, 1.54) is 13.3 Å². The molecule has 0 aliphatic carbocycles. The molecule has 0 unspecified atom stereocenters.